The van der Waals surface area contributed by atoms with Crippen molar-refractivity contribution in [2.24, 2.45) is 5.11 Å². The van der Waals surface area contributed by atoms with Crippen LogP contribution >= 0.6 is 11.6 Å². The van der Waals surface area contributed by atoms with E-state index >= 15 is 0 Å². The number of nitrogens with zero attached hydrogens (tertiary/aromatic N) is 3. The summed E-state index contributed by atoms with van der Waals surface area (Å²) >= 11 is 5.88. The van der Waals surface area contributed by atoms with Crippen molar-refractivity contribution < 1.29 is 0 Å². The van der Waals surface area contributed by atoms with Gasteiger partial charge in [-0.1, -0.05) is 28.8 Å². The predicted molar refractivity (Wildman–Crippen MR) is 49.0 cm³/mol. The lowest BCUT2D eigenvalue weighted by Gasteiger charge is -2.03. The molecular weight excluding hydrogens is 174 g/mol. The Kier molecular flexibility index (Phi) is 2.97. The van der Waals surface area contributed by atoms with Crippen LogP contribution < -0.4 is 0 Å². The van der Waals surface area contributed by atoms with E-state index in [9.17, 15) is 0 Å². The summed E-state index contributed by atoms with van der Waals surface area (Å²) in [4.78, 5) is 2.68. The predicted octanol–water partition coefficient (Wildman–Crippen LogP) is 3.46. The molecule has 0 N–H and O–H groups in total. The van der Waals surface area contributed by atoms with Crippen LogP contribution in [0.15, 0.2) is 23.3 Å². The number of halogens is 1. The molecular formula is C8H8ClN3. The molecule has 3 nitrogen and oxygen atoms in total. The molecule has 0 bridgehead atoms. The molecule has 0 aliphatic heterocycles. The second-order valence-electron chi connectivity index (χ2n) is 2.42. The molecule has 0 atom stereocenters. The SMILES string of the molecule is Cc1cccc(Cl)c1CN=[N+]=[N-]. The van der Waals surface area contributed by atoms with Crippen molar-refractivity contribution in [1.82, 2.24) is 0 Å². The summed E-state index contributed by atoms with van der Waals surface area (Å²) in [5.74, 6) is 0. The second kappa shape index (κ2) is 4.00. The third-order valence-electron chi connectivity index (χ3n) is 1.65. The highest BCUT2D eigenvalue weighted by Gasteiger charge is 2.00. The largest absolute Gasteiger partial charge is 0.0892 e. The molecule has 0 unspecified atom stereocenters. The van der Waals surface area contributed by atoms with E-state index in [2.05, 4.69) is 10.0 Å². The number of aryl methyl sites for hydroxylation is 1. The van der Waals surface area contributed by atoms with Crippen LogP contribution in [0.1, 0.15) is 11.1 Å². The van der Waals surface area contributed by atoms with Gasteiger partial charge in [-0.2, -0.15) is 0 Å². The third kappa shape index (κ3) is 1.91. The minimum Gasteiger partial charge on any atom is -0.0892 e. The maximum absolute atomic E-state index is 8.12. The Morgan fingerprint density at radius 1 is 1.58 bits per heavy atom. The van der Waals surface area contributed by atoms with Gasteiger partial charge >= 0.3 is 0 Å². The van der Waals surface area contributed by atoms with Gasteiger partial charge in [0.05, 0.1) is 6.54 Å². The molecule has 1 aromatic rings. The molecule has 0 fully saturated rings. The Hall–Kier alpha value is -1.18. The van der Waals surface area contributed by atoms with E-state index in [1.54, 1.807) is 6.07 Å². The fraction of sp³-hybridized carbons (Fsp3) is 0.250. The van der Waals surface area contributed by atoms with Crippen molar-refractivity contribution >= 4 is 11.6 Å². The monoisotopic (exact) mass is 181 g/mol. The standard InChI is InChI=1S/C8H8ClN3/c1-6-3-2-4-8(9)7(6)5-11-12-10/h2-4H,5H2,1H3. The van der Waals surface area contributed by atoms with Crippen LogP contribution in [-0.2, 0) is 6.54 Å². The smallest absolute Gasteiger partial charge is 0.0528 e. The van der Waals surface area contributed by atoms with Crippen molar-refractivity contribution in [3.63, 3.8) is 0 Å². The first-order chi connectivity index (χ1) is 5.75. The van der Waals surface area contributed by atoms with Gasteiger partial charge < -0.3 is 0 Å². The normalized spacial score (nSPS) is 9.17. The van der Waals surface area contributed by atoms with Crippen molar-refractivity contribution in [2.75, 3.05) is 0 Å². The van der Waals surface area contributed by atoms with Crippen LogP contribution in [0.5, 0.6) is 0 Å². The van der Waals surface area contributed by atoms with Gasteiger partial charge in [-0.05, 0) is 29.6 Å². The summed E-state index contributed by atoms with van der Waals surface area (Å²) < 4.78 is 0. The average Bonchev–Trinajstić information content (AvgIpc) is 2.04. The first-order valence-electron chi connectivity index (χ1n) is 3.50. The number of benzene rings is 1. The minimum atomic E-state index is 0.321. The molecule has 12 heavy (non-hydrogen) atoms. The minimum absolute atomic E-state index is 0.321. The molecule has 1 rings (SSSR count). The Labute approximate surface area is 75.6 Å². The summed E-state index contributed by atoms with van der Waals surface area (Å²) in [6.07, 6.45) is 0. The number of hydrogen-bond donors (Lipinski definition) is 0. The lowest BCUT2D eigenvalue weighted by Crippen LogP contribution is -1.86. The van der Waals surface area contributed by atoms with Gasteiger partial charge in [0, 0.05) is 9.93 Å². The summed E-state index contributed by atoms with van der Waals surface area (Å²) in [5, 5.41) is 4.11. The quantitative estimate of drug-likeness (QED) is 0.381. The molecule has 0 aromatic heterocycles. The first kappa shape index (κ1) is 8.91. The van der Waals surface area contributed by atoms with Gasteiger partial charge in [0.1, 0.15) is 0 Å². The van der Waals surface area contributed by atoms with Crippen molar-refractivity contribution in [3.05, 3.63) is 44.8 Å². The highest BCUT2D eigenvalue weighted by atomic mass is 35.5. The lowest BCUT2D eigenvalue weighted by molar-refractivity contribution is 1.03. The number of azide groups is 1. The van der Waals surface area contributed by atoms with E-state index in [0.29, 0.717) is 11.6 Å². The van der Waals surface area contributed by atoms with E-state index in [-0.39, 0.29) is 0 Å². The molecule has 0 aliphatic rings. The molecule has 0 aliphatic carbocycles. The zero-order chi connectivity index (χ0) is 8.97. The maximum atomic E-state index is 8.12. The fourth-order valence-electron chi connectivity index (χ4n) is 0.969. The molecule has 0 saturated heterocycles. The van der Waals surface area contributed by atoms with E-state index in [1.807, 2.05) is 19.1 Å². The van der Waals surface area contributed by atoms with E-state index in [1.165, 1.54) is 0 Å². The van der Waals surface area contributed by atoms with Crippen molar-refractivity contribution in [2.45, 2.75) is 13.5 Å². The zero-order valence-corrected chi connectivity index (χ0v) is 7.41. The molecule has 0 spiro atoms. The molecule has 0 saturated carbocycles. The number of rotatable bonds is 2. The van der Waals surface area contributed by atoms with Crippen LogP contribution in [0.25, 0.3) is 10.4 Å². The Morgan fingerprint density at radius 2 is 2.33 bits per heavy atom. The fourth-order valence-corrected chi connectivity index (χ4v) is 1.25. The van der Waals surface area contributed by atoms with Crippen LogP contribution in [0.2, 0.25) is 5.02 Å². The summed E-state index contributed by atoms with van der Waals surface area (Å²) in [6.45, 7) is 2.26. The molecule has 1 aromatic carbocycles. The van der Waals surface area contributed by atoms with Gasteiger partial charge in [0.25, 0.3) is 0 Å². The zero-order valence-electron chi connectivity index (χ0n) is 6.66. The third-order valence-corrected chi connectivity index (χ3v) is 2.00. The molecule has 4 heteroatoms. The van der Waals surface area contributed by atoms with E-state index in [0.717, 1.165) is 11.1 Å². The van der Waals surface area contributed by atoms with Crippen LogP contribution in [0.3, 0.4) is 0 Å². The molecule has 0 radical (unpaired) electrons. The molecule has 62 valence electrons. The van der Waals surface area contributed by atoms with Gasteiger partial charge in [-0.25, -0.2) is 0 Å². The maximum Gasteiger partial charge on any atom is 0.0528 e. The van der Waals surface area contributed by atoms with Crippen LogP contribution in [-0.4, -0.2) is 0 Å². The van der Waals surface area contributed by atoms with Gasteiger partial charge in [0.2, 0.25) is 0 Å². The Balaban J connectivity index is 3.03. The number of hydrogen-bond acceptors (Lipinski definition) is 1. The van der Waals surface area contributed by atoms with E-state index < -0.39 is 0 Å². The first-order valence-corrected chi connectivity index (χ1v) is 3.88. The van der Waals surface area contributed by atoms with Crippen molar-refractivity contribution in [3.8, 4) is 0 Å². The lowest BCUT2D eigenvalue weighted by atomic mass is 10.1. The molecule has 0 heterocycles. The topological polar surface area (TPSA) is 48.8 Å². The van der Waals surface area contributed by atoms with Crippen LogP contribution in [0, 0.1) is 6.92 Å². The second-order valence-corrected chi connectivity index (χ2v) is 2.83. The Bertz CT molecular complexity index is 309. The highest BCUT2D eigenvalue weighted by Crippen LogP contribution is 2.19. The Morgan fingerprint density at radius 3 is 2.92 bits per heavy atom. The van der Waals surface area contributed by atoms with Gasteiger partial charge in [-0.15, -0.1) is 0 Å². The van der Waals surface area contributed by atoms with Gasteiger partial charge in [-0.3, -0.25) is 0 Å². The van der Waals surface area contributed by atoms with Crippen molar-refractivity contribution in [1.29, 1.82) is 0 Å². The summed E-state index contributed by atoms with van der Waals surface area (Å²) in [7, 11) is 0. The van der Waals surface area contributed by atoms with Gasteiger partial charge in [0.15, 0.2) is 0 Å². The molecule has 0 amide bonds. The summed E-state index contributed by atoms with van der Waals surface area (Å²) in [5.41, 5.74) is 10.1. The van der Waals surface area contributed by atoms with E-state index in [4.69, 9.17) is 17.1 Å². The average molecular weight is 182 g/mol. The summed E-state index contributed by atoms with van der Waals surface area (Å²) in [6, 6.07) is 5.60. The van der Waals surface area contributed by atoms with Crippen LogP contribution in [0.4, 0.5) is 0 Å². The highest BCUT2D eigenvalue weighted by molar-refractivity contribution is 6.31.